The lowest BCUT2D eigenvalue weighted by atomic mass is 10.3. The Morgan fingerprint density at radius 1 is 1.25 bits per heavy atom. The molecule has 0 saturated carbocycles. The van der Waals surface area contributed by atoms with Gasteiger partial charge in [0.1, 0.15) is 12.3 Å². The fourth-order valence-electron chi connectivity index (χ4n) is 1.77. The molecule has 0 fully saturated rings. The van der Waals surface area contributed by atoms with Gasteiger partial charge in [-0.3, -0.25) is 9.59 Å². The summed E-state index contributed by atoms with van der Waals surface area (Å²) < 4.78 is 10.2. The van der Waals surface area contributed by atoms with Crippen LogP contribution in [0.4, 0.5) is 0 Å². The minimum atomic E-state index is -0.645. The van der Waals surface area contributed by atoms with E-state index in [1.54, 1.807) is 19.1 Å². The highest BCUT2D eigenvalue weighted by atomic mass is 16.5. The standard InChI is InChI=1S/C15H21NO4/c1-4-10-16(11-14(17)19-3)15(18)12(2)20-13-8-6-5-7-9-13/h5-9,12H,4,10-11H2,1-3H3. The van der Waals surface area contributed by atoms with E-state index in [9.17, 15) is 9.59 Å². The number of nitrogens with zero attached hydrogens (tertiary/aromatic N) is 1. The first-order chi connectivity index (χ1) is 9.58. The van der Waals surface area contributed by atoms with Crippen LogP contribution in [0.1, 0.15) is 20.3 Å². The molecule has 0 bridgehead atoms. The maximum atomic E-state index is 12.3. The van der Waals surface area contributed by atoms with E-state index in [2.05, 4.69) is 4.74 Å². The second-order valence-corrected chi connectivity index (χ2v) is 4.41. The predicted molar refractivity (Wildman–Crippen MR) is 75.4 cm³/mol. The molecule has 0 heterocycles. The third-order valence-corrected chi connectivity index (χ3v) is 2.76. The lowest BCUT2D eigenvalue weighted by molar-refractivity contribution is -0.149. The molecule has 0 radical (unpaired) electrons. The summed E-state index contributed by atoms with van der Waals surface area (Å²) in [5.41, 5.74) is 0. The quantitative estimate of drug-likeness (QED) is 0.715. The molecule has 1 aromatic rings. The predicted octanol–water partition coefficient (Wildman–Crippen LogP) is 1.87. The number of hydrogen-bond acceptors (Lipinski definition) is 4. The lowest BCUT2D eigenvalue weighted by Crippen LogP contribution is -2.43. The molecular formula is C15H21NO4. The Labute approximate surface area is 119 Å². The summed E-state index contributed by atoms with van der Waals surface area (Å²) in [4.78, 5) is 25.1. The molecule has 5 heteroatoms. The van der Waals surface area contributed by atoms with Crippen LogP contribution in [0.3, 0.4) is 0 Å². The van der Waals surface area contributed by atoms with Crippen molar-refractivity contribution in [2.75, 3.05) is 20.2 Å². The Hall–Kier alpha value is -2.04. The zero-order valence-electron chi connectivity index (χ0n) is 12.2. The Morgan fingerprint density at radius 3 is 2.45 bits per heavy atom. The highest BCUT2D eigenvalue weighted by Crippen LogP contribution is 2.12. The van der Waals surface area contributed by atoms with Crippen LogP contribution in [0, 0.1) is 0 Å². The molecular weight excluding hydrogens is 258 g/mol. The van der Waals surface area contributed by atoms with Gasteiger partial charge in [-0.05, 0) is 25.5 Å². The molecule has 1 unspecified atom stereocenters. The summed E-state index contributed by atoms with van der Waals surface area (Å²) in [6.07, 6.45) is 0.120. The van der Waals surface area contributed by atoms with Gasteiger partial charge in [0.15, 0.2) is 6.10 Å². The Bertz CT molecular complexity index is 433. The molecule has 1 rings (SSSR count). The normalized spacial score (nSPS) is 11.6. The molecule has 1 atom stereocenters. The van der Waals surface area contributed by atoms with E-state index in [4.69, 9.17) is 4.74 Å². The van der Waals surface area contributed by atoms with Crippen molar-refractivity contribution in [3.8, 4) is 5.75 Å². The number of methoxy groups -OCH3 is 1. The molecule has 110 valence electrons. The third-order valence-electron chi connectivity index (χ3n) is 2.76. The second kappa shape index (κ2) is 8.19. The zero-order chi connectivity index (χ0) is 15.0. The minimum Gasteiger partial charge on any atom is -0.481 e. The molecule has 1 amide bonds. The summed E-state index contributed by atoms with van der Waals surface area (Å²) in [7, 11) is 1.31. The molecule has 0 aliphatic heterocycles. The van der Waals surface area contributed by atoms with E-state index in [-0.39, 0.29) is 12.5 Å². The van der Waals surface area contributed by atoms with E-state index in [1.165, 1.54) is 12.0 Å². The monoisotopic (exact) mass is 279 g/mol. The molecule has 0 aliphatic rings. The van der Waals surface area contributed by atoms with E-state index in [0.29, 0.717) is 12.3 Å². The summed E-state index contributed by atoms with van der Waals surface area (Å²) >= 11 is 0. The maximum Gasteiger partial charge on any atom is 0.325 e. The molecule has 20 heavy (non-hydrogen) atoms. The van der Waals surface area contributed by atoms with Crippen molar-refractivity contribution in [3.05, 3.63) is 30.3 Å². The molecule has 1 aromatic carbocycles. The molecule has 5 nitrogen and oxygen atoms in total. The van der Waals surface area contributed by atoms with E-state index < -0.39 is 12.1 Å². The van der Waals surface area contributed by atoms with Crippen molar-refractivity contribution in [1.82, 2.24) is 4.90 Å². The van der Waals surface area contributed by atoms with E-state index >= 15 is 0 Å². The SMILES string of the molecule is CCCN(CC(=O)OC)C(=O)C(C)Oc1ccccc1. The van der Waals surface area contributed by atoms with Crippen LogP contribution in [-0.2, 0) is 14.3 Å². The van der Waals surface area contributed by atoms with Crippen molar-refractivity contribution < 1.29 is 19.1 Å². The smallest absolute Gasteiger partial charge is 0.325 e. The van der Waals surface area contributed by atoms with Crippen LogP contribution in [-0.4, -0.2) is 43.1 Å². The number of ether oxygens (including phenoxy) is 2. The number of hydrogen-bond donors (Lipinski definition) is 0. The van der Waals surface area contributed by atoms with Crippen LogP contribution in [0.25, 0.3) is 0 Å². The van der Waals surface area contributed by atoms with Crippen molar-refractivity contribution in [2.24, 2.45) is 0 Å². The van der Waals surface area contributed by atoms with Gasteiger partial charge in [-0.15, -0.1) is 0 Å². The van der Waals surface area contributed by atoms with Crippen LogP contribution in [0.5, 0.6) is 5.75 Å². The first kappa shape index (κ1) is 16.0. The van der Waals surface area contributed by atoms with Gasteiger partial charge in [-0.25, -0.2) is 0 Å². The first-order valence-corrected chi connectivity index (χ1v) is 6.65. The van der Waals surface area contributed by atoms with E-state index in [1.807, 2.05) is 25.1 Å². The summed E-state index contributed by atoms with van der Waals surface area (Å²) in [6, 6.07) is 9.12. The van der Waals surface area contributed by atoms with Gasteiger partial charge in [0, 0.05) is 6.54 Å². The average Bonchev–Trinajstić information content (AvgIpc) is 2.46. The van der Waals surface area contributed by atoms with Gasteiger partial charge < -0.3 is 14.4 Å². The molecule has 0 N–H and O–H groups in total. The van der Waals surface area contributed by atoms with Crippen LogP contribution in [0.15, 0.2) is 30.3 Å². The van der Waals surface area contributed by atoms with E-state index in [0.717, 1.165) is 6.42 Å². The van der Waals surface area contributed by atoms with Gasteiger partial charge in [0.2, 0.25) is 0 Å². The van der Waals surface area contributed by atoms with Gasteiger partial charge in [0.25, 0.3) is 5.91 Å². The Morgan fingerprint density at radius 2 is 1.90 bits per heavy atom. The molecule has 0 aliphatic carbocycles. The molecule has 0 aromatic heterocycles. The Kier molecular flexibility index (Phi) is 6.56. The van der Waals surface area contributed by atoms with Crippen LogP contribution < -0.4 is 4.74 Å². The average molecular weight is 279 g/mol. The minimum absolute atomic E-state index is 0.0499. The second-order valence-electron chi connectivity index (χ2n) is 4.41. The fraction of sp³-hybridized carbons (Fsp3) is 0.467. The summed E-state index contributed by atoms with van der Waals surface area (Å²) in [5.74, 6) is -0.0253. The molecule has 0 saturated heterocycles. The largest absolute Gasteiger partial charge is 0.481 e. The topological polar surface area (TPSA) is 55.8 Å². The van der Waals surface area contributed by atoms with Gasteiger partial charge in [0.05, 0.1) is 7.11 Å². The number of rotatable bonds is 7. The maximum absolute atomic E-state index is 12.3. The fourth-order valence-corrected chi connectivity index (χ4v) is 1.77. The highest BCUT2D eigenvalue weighted by Gasteiger charge is 2.23. The summed E-state index contributed by atoms with van der Waals surface area (Å²) in [5, 5.41) is 0. The summed E-state index contributed by atoms with van der Waals surface area (Å²) in [6.45, 7) is 4.07. The van der Waals surface area contributed by atoms with Crippen molar-refractivity contribution in [3.63, 3.8) is 0 Å². The number of carbonyl (C=O) groups is 2. The zero-order valence-corrected chi connectivity index (χ0v) is 12.2. The van der Waals surface area contributed by atoms with Crippen molar-refractivity contribution >= 4 is 11.9 Å². The number of carbonyl (C=O) groups excluding carboxylic acids is 2. The lowest BCUT2D eigenvalue weighted by Gasteiger charge is -2.24. The van der Waals surface area contributed by atoms with Crippen LogP contribution >= 0.6 is 0 Å². The van der Waals surface area contributed by atoms with Crippen molar-refractivity contribution in [1.29, 1.82) is 0 Å². The number of esters is 1. The number of benzene rings is 1. The Balaban J connectivity index is 2.65. The molecule has 0 spiro atoms. The van der Waals surface area contributed by atoms with Gasteiger partial charge >= 0.3 is 5.97 Å². The van der Waals surface area contributed by atoms with Gasteiger partial charge in [-0.2, -0.15) is 0 Å². The van der Waals surface area contributed by atoms with Crippen molar-refractivity contribution in [2.45, 2.75) is 26.4 Å². The highest BCUT2D eigenvalue weighted by molar-refractivity contribution is 5.85. The number of para-hydroxylation sites is 1. The third kappa shape index (κ3) is 4.91. The van der Waals surface area contributed by atoms with Gasteiger partial charge in [-0.1, -0.05) is 25.1 Å². The number of amides is 1. The van der Waals surface area contributed by atoms with Crippen LogP contribution in [0.2, 0.25) is 0 Å². The first-order valence-electron chi connectivity index (χ1n) is 6.65.